The Labute approximate surface area is 85.0 Å². The van der Waals surface area contributed by atoms with Gasteiger partial charge in [-0.05, 0) is 27.7 Å². The molecule has 0 aromatic carbocycles. The fourth-order valence-electron chi connectivity index (χ4n) is 0.563. The van der Waals surface area contributed by atoms with Crippen LogP contribution in [0.25, 0.3) is 0 Å². The SMILES string of the molecule is COC(=O)/C=C/NC(C)(C)C(C)(C)O. The minimum atomic E-state index is -0.881. The van der Waals surface area contributed by atoms with Crippen LogP contribution in [0.4, 0.5) is 0 Å². The van der Waals surface area contributed by atoms with Crippen molar-refractivity contribution >= 4 is 5.97 Å². The molecule has 0 heterocycles. The zero-order valence-electron chi connectivity index (χ0n) is 9.42. The topological polar surface area (TPSA) is 58.6 Å². The van der Waals surface area contributed by atoms with Crippen molar-refractivity contribution in [2.75, 3.05) is 7.11 Å². The lowest BCUT2D eigenvalue weighted by Gasteiger charge is -2.37. The maximum atomic E-state index is 10.7. The smallest absolute Gasteiger partial charge is 0.331 e. The number of methoxy groups -OCH3 is 1. The van der Waals surface area contributed by atoms with E-state index in [2.05, 4.69) is 10.1 Å². The van der Waals surface area contributed by atoms with E-state index in [-0.39, 0.29) is 0 Å². The second-order valence-corrected chi connectivity index (χ2v) is 4.18. The van der Waals surface area contributed by atoms with Crippen LogP contribution >= 0.6 is 0 Å². The van der Waals surface area contributed by atoms with Crippen LogP contribution in [0, 0.1) is 0 Å². The summed E-state index contributed by atoms with van der Waals surface area (Å²) in [5.41, 5.74) is -1.40. The molecule has 0 saturated carbocycles. The molecule has 0 aromatic heterocycles. The molecule has 0 bridgehead atoms. The van der Waals surface area contributed by atoms with E-state index in [0.717, 1.165) is 0 Å². The quantitative estimate of drug-likeness (QED) is 0.522. The Bertz CT molecular complexity index is 226. The molecule has 0 atom stereocenters. The van der Waals surface area contributed by atoms with E-state index in [1.165, 1.54) is 19.4 Å². The van der Waals surface area contributed by atoms with E-state index >= 15 is 0 Å². The Kier molecular flexibility index (Phi) is 4.13. The van der Waals surface area contributed by atoms with Crippen molar-refractivity contribution in [3.63, 3.8) is 0 Å². The average molecular weight is 201 g/mol. The maximum Gasteiger partial charge on any atom is 0.331 e. The van der Waals surface area contributed by atoms with E-state index in [1.54, 1.807) is 13.8 Å². The van der Waals surface area contributed by atoms with Gasteiger partial charge in [0, 0.05) is 12.3 Å². The van der Waals surface area contributed by atoms with E-state index in [1.807, 2.05) is 13.8 Å². The number of rotatable bonds is 4. The summed E-state index contributed by atoms with van der Waals surface area (Å²) in [6.45, 7) is 7.08. The molecule has 0 aliphatic heterocycles. The third kappa shape index (κ3) is 3.79. The molecule has 0 saturated heterocycles. The highest BCUT2D eigenvalue weighted by Crippen LogP contribution is 2.20. The van der Waals surface area contributed by atoms with Crippen LogP contribution in [0.1, 0.15) is 27.7 Å². The highest BCUT2D eigenvalue weighted by molar-refractivity contribution is 5.81. The van der Waals surface area contributed by atoms with Crippen LogP contribution in [0.5, 0.6) is 0 Å². The Morgan fingerprint density at radius 3 is 2.21 bits per heavy atom. The predicted molar refractivity (Wildman–Crippen MR) is 54.7 cm³/mol. The van der Waals surface area contributed by atoms with Crippen LogP contribution in [-0.4, -0.2) is 29.3 Å². The third-order valence-corrected chi connectivity index (χ3v) is 2.39. The molecule has 0 spiro atoms. The summed E-state index contributed by atoms with van der Waals surface area (Å²) >= 11 is 0. The Morgan fingerprint density at radius 1 is 1.36 bits per heavy atom. The maximum absolute atomic E-state index is 10.7. The summed E-state index contributed by atoms with van der Waals surface area (Å²) in [6, 6.07) is 0. The molecular weight excluding hydrogens is 182 g/mol. The van der Waals surface area contributed by atoms with Gasteiger partial charge in [-0.2, -0.15) is 0 Å². The number of hydrogen-bond donors (Lipinski definition) is 2. The minimum absolute atomic E-state index is 0.427. The molecule has 4 nitrogen and oxygen atoms in total. The molecule has 4 heteroatoms. The van der Waals surface area contributed by atoms with Gasteiger partial charge in [0.1, 0.15) is 0 Å². The van der Waals surface area contributed by atoms with Crippen molar-refractivity contribution in [1.82, 2.24) is 5.32 Å². The lowest BCUT2D eigenvalue weighted by molar-refractivity contribution is -0.134. The second kappa shape index (κ2) is 4.46. The minimum Gasteiger partial charge on any atom is -0.466 e. The van der Waals surface area contributed by atoms with Crippen LogP contribution in [0.2, 0.25) is 0 Å². The number of ether oxygens (including phenoxy) is 1. The van der Waals surface area contributed by atoms with Crippen molar-refractivity contribution in [3.8, 4) is 0 Å². The number of esters is 1. The molecule has 0 radical (unpaired) electrons. The van der Waals surface area contributed by atoms with Crippen LogP contribution < -0.4 is 5.32 Å². The number of nitrogens with one attached hydrogen (secondary N) is 1. The third-order valence-electron chi connectivity index (χ3n) is 2.39. The molecule has 14 heavy (non-hydrogen) atoms. The Hall–Kier alpha value is -1.03. The van der Waals surface area contributed by atoms with Gasteiger partial charge in [0.15, 0.2) is 0 Å². The number of hydrogen-bond acceptors (Lipinski definition) is 4. The van der Waals surface area contributed by atoms with Crippen molar-refractivity contribution in [3.05, 3.63) is 12.3 Å². The van der Waals surface area contributed by atoms with E-state index in [4.69, 9.17) is 0 Å². The number of aliphatic hydroxyl groups is 1. The van der Waals surface area contributed by atoms with Gasteiger partial charge in [0.05, 0.1) is 18.2 Å². The highest BCUT2D eigenvalue weighted by Gasteiger charge is 2.33. The number of carbonyl (C=O) groups is 1. The predicted octanol–water partition coefficient (Wildman–Crippen LogP) is 0.812. The summed E-state index contributed by atoms with van der Waals surface area (Å²) in [6.07, 6.45) is 2.75. The van der Waals surface area contributed by atoms with Gasteiger partial charge < -0.3 is 15.2 Å². The largest absolute Gasteiger partial charge is 0.466 e. The first kappa shape index (κ1) is 13.0. The molecular formula is C10H19NO3. The van der Waals surface area contributed by atoms with Gasteiger partial charge >= 0.3 is 5.97 Å². The van der Waals surface area contributed by atoms with Gasteiger partial charge in [0.2, 0.25) is 0 Å². The first-order valence-electron chi connectivity index (χ1n) is 4.45. The van der Waals surface area contributed by atoms with Gasteiger partial charge in [-0.1, -0.05) is 0 Å². The van der Waals surface area contributed by atoms with Crippen LogP contribution in [0.3, 0.4) is 0 Å². The zero-order valence-corrected chi connectivity index (χ0v) is 9.42. The standard InChI is InChI=1S/C10H19NO3/c1-9(2,10(3,4)13)11-7-6-8(12)14-5/h6-7,11,13H,1-5H3/b7-6+. The molecule has 0 amide bonds. The number of carbonyl (C=O) groups excluding carboxylic acids is 1. The highest BCUT2D eigenvalue weighted by atomic mass is 16.5. The summed E-state index contributed by atoms with van der Waals surface area (Å²) in [4.78, 5) is 10.7. The van der Waals surface area contributed by atoms with Crippen molar-refractivity contribution in [2.24, 2.45) is 0 Å². The normalized spacial score (nSPS) is 13.0. The van der Waals surface area contributed by atoms with Crippen LogP contribution in [0.15, 0.2) is 12.3 Å². The lowest BCUT2D eigenvalue weighted by Crippen LogP contribution is -2.53. The van der Waals surface area contributed by atoms with Gasteiger partial charge in [-0.3, -0.25) is 0 Å². The molecule has 0 aromatic rings. The Balaban J connectivity index is 4.26. The lowest BCUT2D eigenvalue weighted by atomic mass is 9.86. The van der Waals surface area contributed by atoms with Crippen molar-refractivity contribution in [1.29, 1.82) is 0 Å². The molecule has 0 aliphatic carbocycles. The summed E-state index contributed by atoms with van der Waals surface area (Å²) in [7, 11) is 1.31. The van der Waals surface area contributed by atoms with Gasteiger partial charge in [-0.25, -0.2) is 4.79 Å². The first-order valence-corrected chi connectivity index (χ1v) is 4.45. The van der Waals surface area contributed by atoms with E-state index in [0.29, 0.717) is 0 Å². The molecule has 82 valence electrons. The van der Waals surface area contributed by atoms with Crippen molar-refractivity contribution in [2.45, 2.75) is 38.8 Å². The van der Waals surface area contributed by atoms with E-state index in [9.17, 15) is 9.90 Å². The fraction of sp³-hybridized carbons (Fsp3) is 0.700. The second-order valence-electron chi connectivity index (χ2n) is 4.18. The molecule has 0 unspecified atom stereocenters. The average Bonchev–Trinajstić information content (AvgIpc) is 2.01. The molecule has 2 N–H and O–H groups in total. The molecule has 0 rings (SSSR count). The van der Waals surface area contributed by atoms with Crippen LogP contribution in [-0.2, 0) is 9.53 Å². The monoisotopic (exact) mass is 201 g/mol. The van der Waals surface area contributed by atoms with Crippen molar-refractivity contribution < 1.29 is 14.6 Å². The Morgan fingerprint density at radius 2 is 1.86 bits per heavy atom. The molecule has 0 aliphatic rings. The molecule has 0 fully saturated rings. The first-order chi connectivity index (χ1) is 6.20. The van der Waals surface area contributed by atoms with E-state index < -0.39 is 17.1 Å². The summed E-state index contributed by atoms with van der Waals surface area (Å²) in [5.74, 6) is -0.427. The zero-order chi connectivity index (χ0) is 11.4. The van der Waals surface area contributed by atoms with Gasteiger partial charge in [0.25, 0.3) is 0 Å². The fourth-order valence-corrected chi connectivity index (χ4v) is 0.563. The summed E-state index contributed by atoms with van der Waals surface area (Å²) in [5, 5.41) is 12.7. The van der Waals surface area contributed by atoms with Gasteiger partial charge in [-0.15, -0.1) is 0 Å². The summed E-state index contributed by atoms with van der Waals surface area (Å²) < 4.78 is 4.42.